The zero-order valence-electron chi connectivity index (χ0n) is 16.4. The van der Waals surface area contributed by atoms with E-state index in [1.165, 1.54) is 0 Å². The zero-order chi connectivity index (χ0) is 20.1. The van der Waals surface area contributed by atoms with Crippen molar-refractivity contribution in [2.45, 2.75) is 71.2 Å². The van der Waals surface area contributed by atoms with Crippen LogP contribution in [-0.4, -0.2) is 52.4 Å². The largest absolute Gasteiger partial charge is 0.461 e. The number of aliphatic hydroxyl groups is 2. The number of fused-ring (bicyclic) bond motifs is 2. The molecule has 7 nitrogen and oxygen atoms in total. The summed E-state index contributed by atoms with van der Waals surface area (Å²) >= 11 is 0. The first-order valence-electron chi connectivity index (χ1n) is 9.86. The van der Waals surface area contributed by atoms with Crippen LogP contribution in [0, 0.1) is 29.1 Å². The van der Waals surface area contributed by atoms with E-state index in [1.807, 2.05) is 20.8 Å². The molecule has 1 aliphatic heterocycles. The summed E-state index contributed by atoms with van der Waals surface area (Å²) in [5.74, 6) is -2.27. The normalized spacial score (nSPS) is 44.9. The second-order valence-corrected chi connectivity index (χ2v) is 8.90. The van der Waals surface area contributed by atoms with Crippen LogP contribution in [0.4, 0.5) is 0 Å². The quantitative estimate of drug-likeness (QED) is 0.704. The first-order valence-corrected chi connectivity index (χ1v) is 9.86. The topological polar surface area (TPSA) is 110 Å². The summed E-state index contributed by atoms with van der Waals surface area (Å²) < 4.78 is 11.1. The zero-order valence-corrected chi connectivity index (χ0v) is 16.4. The summed E-state index contributed by atoms with van der Waals surface area (Å²) in [5.41, 5.74) is -2.82. The molecule has 0 aromatic heterocycles. The molecule has 3 fully saturated rings. The average molecular weight is 382 g/mol. The fourth-order valence-electron chi connectivity index (χ4n) is 5.38. The molecule has 0 bridgehead atoms. The molecular weight excluding hydrogens is 352 g/mol. The molecule has 152 valence electrons. The molecule has 7 heteroatoms. The fourth-order valence-corrected chi connectivity index (χ4v) is 5.38. The van der Waals surface area contributed by atoms with Crippen molar-refractivity contribution in [2.24, 2.45) is 29.1 Å². The number of carbonyl (C=O) groups excluding carboxylic acids is 3. The van der Waals surface area contributed by atoms with Crippen LogP contribution in [0.3, 0.4) is 0 Å². The van der Waals surface area contributed by atoms with E-state index in [4.69, 9.17) is 9.47 Å². The van der Waals surface area contributed by atoms with Gasteiger partial charge >= 0.3 is 11.9 Å². The third-order valence-electron chi connectivity index (χ3n) is 7.22. The smallest absolute Gasteiger partial charge is 0.341 e. The Morgan fingerprint density at radius 2 is 2.07 bits per heavy atom. The van der Waals surface area contributed by atoms with E-state index in [9.17, 15) is 24.6 Å². The van der Waals surface area contributed by atoms with Gasteiger partial charge in [-0.2, -0.15) is 0 Å². The van der Waals surface area contributed by atoms with Gasteiger partial charge in [-0.05, 0) is 25.2 Å². The van der Waals surface area contributed by atoms with Crippen LogP contribution in [-0.2, 0) is 23.9 Å². The number of Topliss-reactive ketones (excluding diaryl/α,β-unsaturated/α-hetero) is 1. The van der Waals surface area contributed by atoms with E-state index in [1.54, 1.807) is 6.92 Å². The summed E-state index contributed by atoms with van der Waals surface area (Å²) in [7, 11) is 0. The van der Waals surface area contributed by atoms with Crippen molar-refractivity contribution in [1.82, 2.24) is 0 Å². The minimum absolute atomic E-state index is 0.0263. The molecule has 0 radical (unpaired) electrons. The molecule has 0 aromatic rings. The number of ether oxygens (including phenoxy) is 2. The lowest BCUT2D eigenvalue weighted by atomic mass is 9.68. The highest BCUT2D eigenvalue weighted by Crippen LogP contribution is 2.56. The molecule has 3 rings (SSSR count). The Kier molecular flexibility index (Phi) is 5.14. The maximum atomic E-state index is 13.0. The summed E-state index contributed by atoms with van der Waals surface area (Å²) in [4.78, 5) is 37.4. The standard InChI is InChI=1S/C20H30O7/c1-5-10(2)17(23)26-14-7-15(22)19(4)8-12-13(6-11(3)16(14)19)27-18(24)20(12,25)9-21/h10-14,16,21,25H,5-9H2,1-4H3. The van der Waals surface area contributed by atoms with E-state index >= 15 is 0 Å². The highest BCUT2D eigenvalue weighted by atomic mass is 16.6. The lowest BCUT2D eigenvalue weighted by Crippen LogP contribution is -2.48. The number of hydrogen-bond donors (Lipinski definition) is 2. The van der Waals surface area contributed by atoms with Gasteiger partial charge in [0, 0.05) is 23.7 Å². The molecule has 2 saturated carbocycles. The first-order chi connectivity index (χ1) is 12.6. The Morgan fingerprint density at radius 1 is 1.41 bits per heavy atom. The first kappa shape index (κ1) is 20.3. The number of carbonyl (C=O) groups is 3. The number of rotatable bonds is 4. The van der Waals surface area contributed by atoms with Gasteiger partial charge < -0.3 is 19.7 Å². The SMILES string of the molecule is CCC(C)C(=O)OC1CC(=O)C2(C)CC3C(CC(C)C12)OC(=O)C3(O)CO. The summed E-state index contributed by atoms with van der Waals surface area (Å²) in [6, 6.07) is 0. The van der Waals surface area contributed by atoms with Crippen molar-refractivity contribution in [3.05, 3.63) is 0 Å². The van der Waals surface area contributed by atoms with Crippen molar-refractivity contribution in [2.75, 3.05) is 6.61 Å². The Morgan fingerprint density at radius 3 is 2.67 bits per heavy atom. The van der Waals surface area contributed by atoms with E-state index < -0.39 is 41.7 Å². The van der Waals surface area contributed by atoms with Crippen molar-refractivity contribution in [1.29, 1.82) is 0 Å². The molecule has 1 saturated heterocycles. The van der Waals surface area contributed by atoms with Crippen molar-refractivity contribution < 1.29 is 34.1 Å². The fraction of sp³-hybridized carbons (Fsp3) is 0.850. The lowest BCUT2D eigenvalue weighted by molar-refractivity contribution is -0.161. The number of esters is 2. The summed E-state index contributed by atoms with van der Waals surface area (Å²) in [5, 5.41) is 20.3. The van der Waals surface area contributed by atoms with Crippen molar-refractivity contribution in [3.63, 3.8) is 0 Å². The maximum absolute atomic E-state index is 13.0. The molecule has 8 unspecified atom stereocenters. The van der Waals surface area contributed by atoms with E-state index in [0.29, 0.717) is 12.8 Å². The Hall–Kier alpha value is -1.47. The summed E-state index contributed by atoms with van der Waals surface area (Å²) in [6.07, 6.45) is 0.453. The number of hydrogen-bond acceptors (Lipinski definition) is 7. The van der Waals surface area contributed by atoms with E-state index in [0.717, 1.165) is 0 Å². The third kappa shape index (κ3) is 2.99. The highest BCUT2D eigenvalue weighted by molar-refractivity contribution is 5.89. The van der Waals surface area contributed by atoms with Gasteiger partial charge in [0.25, 0.3) is 0 Å². The molecular formula is C20H30O7. The van der Waals surface area contributed by atoms with E-state index in [-0.39, 0.29) is 42.3 Å². The molecule has 0 spiro atoms. The Labute approximate surface area is 159 Å². The average Bonchev–Trinajstić information content (AvgIpc) is 2.94. The molecule has 1 heterocycles. The second kappa shape index (κ2) is 6.85. The van der Waals surface area contributed by atoms with Gasteiger partial charge in [0.15, 0.2) is 5.60 Å². The minimum atomic E-state index is -1.98. The molecule has 27 heavy (non-hydrogen) atoms. The van der Waals surface area contributed by atoms with Gasteiger partial charge in [-0.3, -0.25) is 9.59 Å². The highest BCUT2D eigenvalue weighted by Gasteiger charge is 2.65. The Bertz CT molecular complexity index is 646. The predicted molar refractivity (Wildman–Crippen MR) is 94.4 cm³/mol. The van der Waals surface area contributed by atoms with Crippen LogP contribution in [0.25, 0.3) is 0 Å². The lowest BCUT2D eigenvalue weighted by Gasteiger charge is -2.36. The minimum Gasteiger partial charge on any atom is -0.461 e. The maximum Gasteiger partial charge on any atom is 0.341 e. The number of aliphatic hydroxyl groups excluding tert-OH is 1. The molecule has 0 aromatic carbocycles. The third-order valence-corrected chi connectivity index (χ3v) is 7.22. The van der Waals surface area contributed by atoms with Gasteiger partial charge in [-0.1, -0.05) is 27.7 Å². The van der Waals surface area contributed by atoms with Crippen molar-refractivity contribution in [3.8, 4) is 0 Å². The Balaban J connectivity index is 1.91. The van der Waals surface area contributed by atoms with Crippen LogP contribution < -0.4 is 0 Å². The van der Waals surface area contributed by atoms with Gasteiger partial charge in [0.2, 0.25) is 0 Å². The van der Waals surface area contributed by atoms with Gasteiger partial charge in [0.05, 0.1) is 12.5 Å². The molecule has 0 amide bonds. The van der Waals surface area contributed by atoms with Gasteiger partial charge in [-0.15, -0.1) is 0 Å². The van der Waals surface area contributed by atoms with E-state index in [2.05, 4.69) is 0 Å². The van der Waals surface area contributed by atoms with Crippen LogP contribution in [0.1, 0.15) is 53.4 Å². The van der Waals surface area contributed by atoms with Crippen LogP contribution in [0.5, 0.6) is 0 Å². The van der Waals surface area contributed by atoms with Gasteiger partial charge in [-0.25, -0.2) is 4.79 Å². The second-order valence-electron chi connectivity index (χ2n) is 8.90. The van der Waals surface area contributed by atoms with Crippen LogP contribution in [0.15, 0.2) is 0 Å². The monoisotopic (exact) mass is 382 g/mol. The summed E-state index contributed by atoms with van der Waals surface area (Å²) in [6.45, 7) is 6.78. The number of ketones is 1. The predicted octanol–water partition coefficient (Wildman–Crippen LogP) is 1.23. The van der Waals surface area contributed by atoms with Crippen LogP contribution >= 0.6 is 0 Å². The van der Waals surface area contributed by atoms with Crippen molar-refractivity contribution >= 4 is 17.7 Å². The van der Waals surface area contributed by atoms with Crippen LogP contribution in [0.2, 0.25) is 0 Å². The molecule has 2 N–H and O–H groups in total. The van der Waals surface area contributed by atoms with Gasteiger partial charge in [0.1, 0.15) is 18.0 Å². The molecule has 3 aliphatic rings. The molecule has 2 aliphatic carbocycles. The molecule has 8 atom stereocenters.